The lowest BCUT2D eigenvalue weighted by atomic mass is 10.0. The highest BCUT2D eigenvalue weighted by molar-refractivity contribution is 5.94. The summed E-state index contributed by atoms with van der Waals surface area (Å²) in [6.07, 6.45) is 1.51. The van der Waals surface area contributed by atoms with Crippen LogP contribution in [0.4, 0.5) is 0 Å². The molecule has 2 atom stereocenters. The smallest absolute Gasteiger partial charge is 0.274 e. The van der Waals surface area contributed by atoms with Gasteiger partial charge in [0.15, 0.2) is 0 Å². The Morgan fingerprint density at radius 2 is 1.82 bits per heavy atom. The van der Waals surface area contributed by atoms with Crippen LogP contribution in [0, 0.1) is 17.3 Å². The molecule has 1 saturated carbocycles. The first-order valence-corrected chi connectivity index (χ1v) is 7.42. The van der Waals surface area contributed by atoms with E-state index in [0.717, 1.165) is 5.52 Å². The second-order valence-corrected chi connectivity index (χ2v) is 6.22. The molecule has 2 aliphatic rings. The lowest BCUT2D eigenvalue weighted by Gasteiger charge is -2.23. The highest BCUT2D eigenvalue weighted by atomic mass is 16.3. The standard InChI is InChI=1S/C16H17N3O3/c20-8-16(9-21)10-6-19(7-11(10)16)15(22)14-5-17-12-3-1-2-4-13(12)18-14/h1-5,10-11,20-21H,6-9H2. The monoisotopic (exact) mass is 299 g/mol. The number of aliphatic hydroxyl groups excluding tert-OH is 2. The van der Waals surface area contributed by atoms with Crippen LogP contribution >= 0.6 is 0 Å². The lowest BCUT2D eigenvalue weighted by Crippen LogP contribution is -2.36. The summed E-state index contributed by atoms with van der Waals surface area (Å²) in [7, 11) is 0. The Balaban J connectivity index is 1.53. The van der Waals surface area contributed by atoms with Crippen molar-refractivity contribution >= 4 is 16.9 Å². The molecule has 1 saturated heterocycles. The molecule has 2 heterocycles. The average Bonchev–Trinajstić information content (AvgIpc) is 2.93. The van der Waals surface area contributed by atoms with Gasteiger partial charge in [-0.05, 0) is 24.0 Å². The van der Waals surface area contributed by atoms with E-state index in [1.807, 2.05) is 24.3 Å². The zero-order valence-corrected chi connectivity index (χ0v) is 12.0. The number of benzene rings is 1. The summed E-state index contributed by atoms with van der Waals surface area (Å²) in [6, 6.07) is 7.45. The van der Waals surface area contributed by atoms with E-state index in [1.54, 1.807) is 4.90 Å². The summed E-state index contributed by atoms with van der Waals surface area (Å²) >= 11 is 0. The number of hydrogen-bond donors (Lipinski definition) is 2. The normalized spacial score (nSPS) is 25.3. The number of aromatic nitrogens is 2. The summed E-state index contributed by atoms with van der Waals surface area (Å²) < 4.78 is 0. The Labute approximate surface area is 127 Å². The second kappa shape index (κ2) is 4.72. The number of nitrogens with zero attached hydrogens (tertiary/aromatic N) is 3. The number of amides is 1. The number of likely N-dealkylation sites (tertiary alicyclic amines) is 1. The summed E-state index contributed by atoms with van der Waals surface area (Å²) in [5, 5.41) is 18.9. The first-order valence-electron chi connectivity index (χ1n) is 7.42. The topological polar surface area (TPSA) is 86.6 Å². The third-order valence-corrected chi connectivity index (χ3v) is 5.23. The third-order valence-electron chi connectivity index (χ3n) is 5.23. The van der Waals surface area contributed by atoms with E-state index in [9.17, 15) is 15.0 Å². The maximum absolute atomic E-state index is 12.5. The van der Waals surface area contributed by atoms with Crippen molar-refractivity contribution in [1.82, 2.24) is 14.9 Å². The van der Waals surface area contributed by atoms with Crippen molar-refractivity contribution in [2.24, 2.45) is 17.3 Å². The lowest BCUT2D eigenvalue weighted by molar-refractivity contribution is 0.0632. The Hall–Kier alpha value is -2.05. The maximum Gasteiger partial charge on any atom is 0.274 e. The van der Waals surface area contributed by atoms with Gasteiger partial charge >= 0.3 is 0 Å². The molecule has 22 heavy (non-hydrogen) atoms. The average molecular weight is 299 g/mol. The molecule has 2 unspecified atom stereocenters. The maximum atomic E-state index is 12.5. The van der Waals surface area contributed by atoms with E-state index in [0.29, 0.717) is 24.3 Å². The van der Waals surface area contributed by atoms with Gasteiger partial charge in [-0.3, -0.25) is 9.78 Å². The SMILES string of the molecule is O=C(c1cnc2ccccc2n1)N1CC2C(C1)C2(CO)CO. The predicted octanol–water partition coefficient (Wildman–Crippen LogP) is 0.303. The number of piperidine rings is 1. The van der Waals surface area contributed by atoms with Crippen LogP contribution in [0.25, 0.3) is 11.0 Å². The van der Waals surface area contributed by atoms with Crippen molar-refractivity contribution in [3.8, 4) is 0 Å². The molecule has 0 bridgehead atoms. The van der Waals surface area contributed by atoms with Crippen LogP contribution in [0.1, 0.15) is 10.5 Å². The minimum atomic E-state index is -0.383. The Morgan fingerprint density at radius 1 is 1.18 bits per heavy atom. The summed E-state index contributed by atoms with van der Waals surface area (Å²) in [5.41, 5.74) is 1.44. The van der Waals surface area contributed by atoms with Gasteiger partial charge in [0.2, 0.25) is 0 Å². The molecule has 2 aromatic rings. The zero-order chi connectivity index (χ0) is 15.3. The molecule has 0 radical (unpaired) electrons. The molecule has 1 aromatic carbocycles. The molecule has 1 aliphatic heterocycles. The molecule has 1 aromatic heterocycles. The van der Waals surface area contributed by atoms with Crippen LogP contribution in [0.3, 0.4) is 0 Å². The highest BCUT2D eigenvalue weighted by Crippen LogP contribution is 2.62. The van der Waals surface area contributed by atoms with Gasteiger partial charge in [0.1, 0.15) is 5.69 Å². The Bertz CT molecular complexity index is 730. The van der Waals surface area contributed by atoms with Crippen LogP contribution in [0.2, 0.25) is 0 Å². The summed E-state index contributed by atoms with van der Waals surface area (Å²) in [4.78, 5) is 22.9. The zero-order valence-electron chi connectivity index (χ0n) is 12.0. The van der Waals surface area contributed by atoms with Crippen LogP contribution in [0.15, 0.2) is 30.5 Å². The third kappa shape index (κ3) is 1.77. The Kier molecular flexibility index (Phi) is 2.92. The first kappa shape index (κ1) is 13.6. The largest absolute Gasteiger partial charge is 0.396 e. The molecule has 2 N–H and O–H groups in total. The number of aliphatic hydroxyl groups is 2. The fraction of sp³-hybridized carbons (Fsp3) is 0.438. The van der Waals surface area contributed by atoms with Crippen molar-refractivity contribution < 1.29 is 15.0 Å². The summed E-state index contributed by atoms with van der Waals surface area (Å²) in [6.45, 7) is 1.10. The second-order valence-electron chi connectivity index (χ2n) is 6.22. The minimum Gasteiger partial charge on any atom is -0.396 e. The first-order chi connectivity index (χ1) is 10.7. The van der Waals surface area contributed by atoms with Crippen molar-refractivity contribution in [2.75, 3.05) is 26.3 Å². The molecular formula is C16H17N3O3. The quantitative estimate of drug-likeness (QED) is 0.851. The number of carbonyl (C=O) groups excluding carboxylic acids is 1. The molecule has 6 nitrogen and oxygen atoms in total. The van der Waals surface area contributed by atoms with Crippen LogP contribution < -0.4 is 0 Å². The van der Waals surface area contributed by atoms with Gasteiger partial charge in [0, 0.05) is 18.5 Å². The van der Waals surface area contributed by atoms with Gasteiger partial charge in [0.05, 0.1) is 30.4 Å². The predicted molar refractivity (Wildman–Crippen MR) is 79.0 cm³/mol. The number of fused-ring (bicyclic) bond motifs is 2. The van der Waals surface area contributed by atoms with Crippen LogP contribution in [-0.4, -0.2) is 57.3 Å². The van der Waals surface area contributed by atoms with E-state index >= 15 is 0 Å². The molecule has 1 amide bonds. The number of para-hydroxylation sites is 2. The molecule has 0 spiro atoms. The Morgan fingerprint density at radius 3 is 2.45 bits per heavy atom. The van der Waals surface area contributed by atoms with Gasteiger partial charge in [-0.25, -0.2) is 4.98 Å². The number of rotatable bonds is 3. The molecule has 114 valence electrons. The van der Waals surface area contributed by atoms with Crippen molar-refractivity contribution in [2.45, 2.75) is 0 Å². The van der Waals surface area contributed by atoms with Gasteiger partial charge < -0.3 is 15.1 Å². The minimum absolute atomic E-state index is 0.0172. The number of carbonyl (C=O) groups is 1. The van der Waals surface area contributed by atoms with Gasteiger partial charge in [-0.1, -0.05) is 12.1 Å². The number of hydrogen-bond acceptors (Lipinski definition) is 5. The van der Waals surface area contributed by atoms with E-state index in [4.69, 9.17) is 0 Å². The molecular weight excluding hydrogens is 282 g/mol. The fourth-order valence-corrected chi connectivity index (χ4v) is 3.75. The van der Waals surface area contributed by atoms with Gasteiger partial charge in [-0.2, -0.15) is 0 Å². The van der Waals surface area contributed by atoms with Crippen molar-refractivity contribution in [3.63, 3.8) is 0 Å². The molecule has 4 rings (SSSR count). The molecule has 6 heteroatoms. The van der Waals surface area contributed by atoms with Crippen molar-refractivity contribution in [3.05, 3.63) is 36.2 Å². The van der Waals surface area contributed by atoms with Crippen LogP contribution in [0.5, 0.6) is 0 Å². The van der Waals surface area contributed by atoms with E-state index in [1.165, 1.54) is 6.20 Å². The molecule has 1 aliphatic carbocycles. The fourth-order valence-electron chi connectivity index (χ4n) is 3.75. The van der Waals surface area contributed by atoms with E-state index in [-0.39, 0.29) is 36.4 Å². The van der Waals surface area contributed by atoms with E-state index in [2.05, 4.69) is 9.97 Å². The van der Waals surface area contributed by atoms with Crippen molar-refractivity contribution in [1.29, 1.82) is 0 Å². The summed E-state index contributed by atoms with van der Waals surface area (Å²) in [5.74, 6) is 0.259. The molecule has 2 fully saturated rings. The van der Waals surface area contributed by atoms with E-state index < -0.39 is 0 Å². The highest BCUT2D eigenvalue weighted by Gasteiger charge is 2.68. The van der Waals surface area contributed by atoms with Gasteiger partial charge in [-0.15, -0.1) is 0 Å². The van der Waals surface area contributed by atoms with Gasteiger partial charge in [0.25, 0.3) is 5.91 Å². The van der Waals surface area contributed by atoms with Crippen LogP contribution in [-0.2, 0) is 0 Å².